The molecule has 2 fully saturated rings. The molecule has 132 valence electrons. The van der Waals surface area contributed by atoms with Gasteiger partial charge in [-0.2, -0.15) is 5.10 Å². The Hall–Kier alpha value is -2.64. The zero-order valence-electron chi connectivity index (χ0n) is 14.0. The maximum atomic E-state index is 12.2. The minimum atomic E-state index is -0.521. The molecule has 1 saturated heterocycles. The van der Waals surface area contributed by atoms with Crippen molar-refractivity contribution < 1.29 is 14.3 Å². The number of rotatable bonds is 3. The van der Waals surface area contributed by atoms with Gasteiger partial charge in [0.05, 0.1) is 12.7 Å². The number of aromatic amines is 1. The molecular weight excluding hydrogens is 324 g/mol. The van der Waals surface area contributed by atoms with Crippen LogP contribution in [0, 0.1) is 5.92 Å². The molecule has 8 heteroatoms. The molecule has 0 aromatic rings. The van der Waals surface area contributed by atoms with E-state index >= 15 is 0 Å². The second-order valence-electron chi connectivity index (χ2n) is 6.76. The van der Waals surface area contributed by atoms with Gasteiger partial charge < -0.3 is 14.2 Å². The number of nitrogens with zero attached hydrogens (tertiary/aromatic N) is 3. The Kier molecular flexibility index (Phi) is 3.82. The van der Waals surface area contributed by atoms with E-state index in [4.69, 9.17) is 4.74 Å². The molecule has 1 saturated carbocycles. The van der Waals surface area contributed by atoms with E-state index in [9.17, 15) is 14.4 Å². The minimum absolute atomic E-state index is 0.130. The number of likely N-dealkylation sites (tertiary alicyclic amines) is 1. The van der Waals surface area contributed by atoms with Crippen molar-refractivity contribution in [3.8, 4) is 11.3 Å². The number of carbonyl (C=O) groups excluding carboxylic acids is 2. The van der Waals surface area contributed by atoms with Gasteiger partial charge >= 0.3 is 5.97 Å². The summed E-state index contributed by atoms with van der Waals surface area (Å²) in [5, 5.41) is 6.32. The Morgan fingerprint density at radius 3 is 2.56 bits per heavy atom. The first-order chi connectivity index (χ1) is 12.1. The molecule has 1 aliphatic carbocycles. The van der Waals surface area contributed by atoms with Crippen LogP contribution >= 0.6 is 0 Å². The molecule has 0 unspecified atom stereocenters. The highest BCUT2D eigenvalue weighted by molar-refractivity contribution is 5.95. The van der Waals surface area contributed by atoms with Crippen LogP contribution in [0.15, 0.2) is 17.2 Å². The van der Waals surface area contributed by atoms with Crippen LogP contribution in [0.1, 0.15) is 42.1 Å². The number of H-pyrrole nitrogens is 1. The summed E-state index contributed by atoms with van der Waals surface area (Å²) in [6.45, 7) is 1.41. The SMILES string of the molecule is COC(=O)c1cn(C2CCN(C(=O)C3CC3)CC2)cc2c(=O)[nH]nc1-2. The number of hydrogen-bond donors (Lipinski definition) is 1. The van der Waals surface area contributed by atoms with Gasteiger partial charge in [0.25, 0.3) is 5.56 Å². The van der Waals surface area contributed by atoms with Gasteiger partial charge in [-0.1, -0.05) is 0 Å². The molecule has 0 radical (unpaired) electrons. The maximum absolute atomic E-state index is 12.2. The van der Waals surface area contributed by atoms with Crippen LogP contribution in [0.4, 0.5) is 0 Å². The molecule has 0 aromatic heterocycles. The summed E-state index contributed by atoms with van der Waals surface area (Å²) in [7, 11) is 1.30. The third kappa shape index (κ3) is 2.81. The number of nitrogens with one attached hydrogen (secondary N) is 1. The standard InChI is InChI=1S/C17H20N4O4/c1-25-17(24)13-9-21(8-12-14(13)18-19-15(12)22)11-4-6-20(7-5-11)16(23)10-2-3-10/h8-11H,2-7H2,1H3,(H,19,22). The topological polar surface area (TPSA) is 97.3 Å². The van der Waals surface area contributed by atoms with E-state index in [-0.39, 0.29) is 29.0 Å². The number of methoxy groups -OCH3 is 1. The molecule has 1 amide bonds. The Labute approximate surface area is 144 Å². The summed E-state index contributed by atoms with van der Waals surface area (Å²) >= 11 is 0. The summed E-state index contributed by atoms with van der Waals surface area (Å²) in [5.41, 5.74) is 0.652. The number of amides is 1. The van der Waals surface area contributed by atoms with Gasteiger partial charge in [0.2, 0.25) is 5.91 Å². The molecule has 3 aliphatic heterocycles. The van der Waals surface area contributed by atoms with Crippen molar-refractivity contribution in [3.05, 3.63) is 28.3 Å². The number of aromatic nitrogens is 3. The number of ether oxygens (including phenoxy) is 1. The first kappa shape index (κ1) is 15.9. The Morgan fingerprint density at radius 1 is 1.20 bits per heavy atom. The molecular formula is C17H20N4O4. The average molecular weight is 344 g/mol. The largest absolute Gasteiger partial charge is 0.465 e. The van der Waals surface area contributed by atoms with E-state index in [1.165, 1.54) is 7.11 Å². The van der Waals surface area contributed by atoms with Gasteiger partial charge in [0.1, 0.15) is 11.3 Å². The molecule has 4 aliphatic rings. The van der Waals surface area contributed by atoms with Gasteiger partial charge in [0, 0.05) is 37.4 Å². The van der Waals surface area contributed by atoms with Crippen LogP contribution in [0.25, 0.3) is 11.3 Å². The van der Waals surface area contributed by atoms with Crippen LogP contribution < -0.4 is 5.56 Å². The number of fused-ring (bicyclic) bond motifs is 1. The van der Waals surface area contributed by atoms with Crippen molar-refractivity contribution in [1.29, 1.82) is 0 Å². The first-order valence-electron chi connectivity index (χ1n) is 8.55. The summed E-state index contributed by atoms with van der Waals surface area (Å²) in [4.78, 5) is 38.1. The fraction of sp³-hybridized carbons (Fsp3) is 0.529. The van der Waals surface area contributed by atoms with E-state index < -0.39 is 5.97 Å². The van der Waals surface area contributed by atoms with Gasteiger partial charge in [-0.15, -0.1) is 0 Å². The predicted octanol–water partition coefficient (Wildman–Crippen LogP) is 1.04. The van der Waals surface area contributed by atoms with E-state index in [1.54, 1.807) is 12.4 Å². The summed E-state index contributed by atoms with van der Waals surface area (Å²) in [5.74, 6) is -0.0153. The monoisotopic (exact) mass is 344 g/mol. The van der Waals surface area contributed by atoms with Crippen LogP contribution in [-0.2, 0) is 9.53 Å². The second-order valence-corrected chi connectivity index (χ2v) is 6.76. The summed E-state index contributed by atoms with van der Waals surface area (Å²) in [6, 6.07) is 0.130. The summed E-state index contributed by atoms with van der Waals surface area (Å²) in [6.07, 6.45) is 7.04. The van der Waals surface area contributed by atoms with Crippen molar-refractivity contribution in [3.63, 3.8) is 0 Å². The normalized spacial score (nSPS) is 18.5. The van der Waals surface area contributed by atoms with Gasteiger partial charge in [-0.25, -0.2) is 9.89 Å². The van der Waals surface area contributed by atoms with Crippen molar-refractivity contribution >= 4 is 11.9 Å². The maximum Gasteiger partial charge on any atom is 0.341 e. The molecule has 0 atom stereocenters. The van der Waals surface area contributed by atoms with Crippen molar-refractivity contribution in [2.75, 3.05) is 20.2 Å². The summed E-state index contributed by atoms with van der Waals surface area (Å²) < 4.78 is 6.71. The van der Waals surface area contributed by atoms with Crippen LogP contribution in [-0.4, -0.2) is 51.7 Å². The fourth-order valence-corrected chi connectivity index (χ4v) is 3.50. The van der Waals surface area contributed by atoms with E-state index in [1.807, 2.05) is 9.47 Å². The second kappa shape index (κ2) is 6.02. The first-order valence-corrected chi connectivity index (χ1v) is 8.55. The lowest BCUT2D eigenvalue weighted by atomic mass is 10.0. The van der Waals surface area contributed by atoms with E-state index in [0.717, 1.165) is 25.7 Å². The zero-order valence-corrected chi connectivity index (χ0v) is 14.0. The van der Waals surface area contributed by atoms with Crippen LogP contribution in [0.2, 0.25) is 0 Å². The molecule has 4 rings (SSSR count). The van der Waals surface area contributed by atoms with Crippen LogP contribution in [0.3, 0.4) is 0 Å². The van der Waals surface area contributed by atoms with E-state index in [2.05, 4.69) is 10.2 Å². The molecule has 3 heterocycles. The lowest BCUT2D eigenvalue weighted by molar-refractivity contribution is -0.133. The quantitative estimate of drug-likeness (QED) is 0.839. The number of carbonyl (C=O) groups is 2. The van der Waals surface area contributed by atoms with E-state index in [0.29, 0.717) is 24.3 Å². The van der Waals surface area contributed by atoms with Crippen molar-refractivity contribution in [1.82, 2.24) is 19.7 Å². The van der Waals surface area contributed by atoms with Crippen molar-refractivity contribution in [2.24, 2.45) is 5.92 Å². The minimum Gasteiger partial charge on any atom is -0.465 e. The highest BCUT2D eigenvalue weighted by Gasteiger charge is 2.35. The van der Waals surface area contributed by atoms with Crippen molar-refractivity contribution in [2.45, 2.75) is 31.7 Å². The lowest BCUT2D eigenvalue weighted by Gasteiger charge is -2.33. The van der Waals surface area contributed by atoms with Gasteiger partial charge in [-0.05, 0) is 25.7 Å². The van der Waals surface area contributed by atoms with Gasteiger partial charge in [-0.3, -0.25) is 9.59 Å². The Morgan fingerprint density at radius 2 is 1.92 bits per heavy atom. The third-order valence-corrected chi connectivity index (χ3v) is 5.11. The molecule has 0 bridgehead atoms. The highest BCUT2D eigenvalue weighted by atomic mass is 16.5. The Balaban J connectivity index is 1.60. The number of pyridine rings is 1. The molecule has 0 spiro atoms. The fourth-order valence-electron chi connectivity index (χ4n) is 3.50. The predicted molar refractivity (Wildman–Crippen MR) is 88.4 cm³/mol. The number of esters is 1. The molecule has 0 aromatic carbocycles. The number of hydrogen-bond acceptors (Lipinski definition) is 5. The Bertz CT molecular complexity index is 843. The highest BCUT2D eigenvalue weighted by Crippen LogP contribution is 2.33. The number of piperidine rings is 1. The molecule has 25 heavy (non-hydrogen) atoms. The van der Waals surface area contributed by atoms with Gasteiger partial charge in [0.15, 0.2) is 0 Å². The average Bonchev–Trinajstić information content (AvgIpc) is 3.43. The van der Waals surface area contributed by atoms with Crippen LogP contribution in [0.5, 0.6) is 0 Å². The zero-order chi connectivity index (χ0) is 17.6. The lowest BCUT2D eigenvalue weighted by Crippen LogP contribution is -2.40. The molecule has 8 nitrogen and oxygen atoms in total. The molecule has 1 N–H and O–H groups in total. The third-order valence-electron chi connectivity index (χ3n) is 5.11. The smallest absolute Gasteiger partial charge is 0.341 e.